The minimum Gasteiger partial charge on any atom is -0.497 e. The van der Waals surface area contributed by atoms with Gasteiger partial charge in [0.15, 0.2) is 0 Å². The lowest BCUT2D eigenvalue weighted by molar-refractivity contribution is 0.160. The number of ether oxygens (including phenoxy) is 1. The summed E-state index contributed by atoms with van der Waals surface area (Å²) in [6.45, 7) is 0. The van der Waals surface area contributed by atoms with Crippen molar-refractivity contribution in [1.29, 1.82) is 0 Å². The Morgan fingerprint density at radius 3 is 2.11 bits per heavy atom. The number of benzene rings is 3. The average Bonchev–Trinajstić information content (AvgIpc) is 2.70. The normalized spacial score (nSPS) is 13.0. The third kappa shape index (κ3) is 5.48. The number of aliphatic hydroxyl groups excluding tert-OH is 1. The zero-order valence-corrected chi connectivity index (χ0v) is 17.2. The van der Waals surface area contributed by atoms with E-state index in [-0.39, 0.29) is 6.04 Å². The van der Waals surface area contributed by atoms with E-state index in [0.29, 0.717) is 11.4 Å². The zero-order valence-electron chi connectivity index (χ0n) is 14.9. The van der Waals surface area contributed by atoms with Crippen LogP contribution in [-0.2, 0) is 0 Å². The first-order valence-corrected chi connectivity index (χ1v) is 9.82. The van der Waals surface area contributed by atoms with Gasteiger partial charge in [0.25, 0.3) is 0 Å². The summed E-state index contributed by atoms with van der Waals surface area (Å²) in [5.74, 6) is 0.773. The molecule has 0 saturated heterocycles. The molecule has 3 aromatic carbocycles. The standard InChI is InChI=1S/C22H21BrClNO2/c1-27-20-12-4-16(5-13-20)22(26)14-21(15-2-6-17(23)7-3-15)25-19-10-8-18(24)9-11-19/h2-13,21-22,25-26H,14H2,1H3. The monoisotopic (exact) mass is 445 g/mol. The van der Waals surface area contributed by atoms with Crippen LogP contribution in [0.15, 0.2) is 77.3 Å². The summed E-state index contributed by atoms with van der Waals surface area (Å²) in [5.41, 5.74) is 2.91. The number of rotatable bonds is 7. The quantitative estimate of drug-likeness (QED) is 0.442. The largest absolute Gasteiger partial charge is 0.497 e. The van der Waals surface area contributed by atoms with Crippen LogP contribution < -0.4 is 10.1 Å². The fraction of sp³-hybridized carbons (Fsp3) is 0.182. The molecular weight excluding hydrogens is 426 g/mol. The molecule has 0 radical (unpaired) electrons. The van der Waals surface area contributed by atoms with Crippen molar-refractivity contribution in [2.24, 2.45) is 0 Å². The number of hydrogen-bond donors (Lipinski definition) is 2. The SMILES string of the molecule is COc1ccc(C(O)CC(Nc2ccc(Cl)cc2)c2ccc(Br)cc2)cc1. The zero-order chi connectivity index (χ0) is 19.2. The highest BCUT2D eigenvalue weighted by molar-refractivity contribution is 9.10. The van der Waals surface area contributed by atoms with Crippen molar-refractivity contribution in [2.45, 2.75) is 18.6 Å². The van der Waals surface area contributed by atoms with Crippen LogP contribution >= 0.6 is 27.5 Å². The van der Waals surface area contributed by atoms with Crippen molar-refractivity contribution in [2.75, 3.05) is 12.4 Å². The van der Waals surface area contributed by atoms with Gasteiger partial charge < -0.3 is 15.2 Å². The molecule has 0 amide bonds. The van der Waals surface area contributed by atoms with Gasteiger partial charge in [-0.3, -0.25) is 0 Å². The van der Waals surface area contributed by atoms with Crippen molar-refractivity contribution >= 4 is 33.2 Å². The first kappa shape index (κ1) is 19.7. The first-order chi connectivity index (χ1) is 13.0. The van der Waals surface area contributed by atoms with Gasteiger partial charge >= 0.3 is 0 Å². The molecule has 0 spiro atoms. The van der Waals surface area contributed by atoms with Crippen LogP contribution in [0.4, 0.5) is 5.69 Å². The summed E-state index contributed by atoms with van der Waals surface area (Å²) in [5, 5.41) is 15.0. The van der Waals surface area contributed by atoms with Gasteiger partial charge in [0.2, 0.25) is 0 Å². The Bertz CT molecular complexity index is 851. The summed E-state index contributed by atoms with van der Waals surface area (Å²) in [6, 6.07) is 23.1. The molecule has 0 heterocycles. The molecule has 27 heavy (non-hydrogen) atoms. The Morgan fingerprint density at radius 1 is 0.926 bits per heavy atom. The van der Waals surface area contributed by atoms with E-state index >= 15 is 0 Å². The van der Waals surface area contributed by atoms with Crippen molar-refractivity contribution in [1.82, 2.24) is 0 Å². The van der Waals surface area contributed by atoms with Gasteiger partial charge in [-0.25, -0.2) is 0 Å². The maximum absolute atomic E-state index is 10.8. The lowest BCUT2D eigenvalue weighted by atomic mass is 9.96. The summed E-state index contributed by atoms with van der Waals surface area (Å²) in [4.78, 5) is 0. The van der Waals surface area contributed by atoms with Crippen LogP contribution in [0.25, 0.3) is 0 Å². The third-order valence-corrected chi connectivity index (χ3v) is 5.20. The Morgan fingerprint density at radius 2 is 1.52 bits per heavy atom. The summed E-state index contributed by atoms with van der Waals surface area (Å²) in [7, 11) is 1.63. The van der Waals surface area contributed by atoms with Crippen LogP contribution in [0, 0.1) is 0 Å². The van der Waals surface area contributed by atoms with E-state index in [1.807, 2.05) is 60.7 Å². The highest BCUT2D eigenvalue weighted by Crippen LogP contribution is 2.31. The summed E-state index contributed by atoms with van der Waals surface area (Å²) >= 11 is 9.46. The molecule has 140 valence electrons. The molecule has 0 aliphatic rings. The van der Waals surface area contributed by atoms with Gasteiger partial charge in [-0.15, -0.1) is 0 Å². The second kappa shape index (κ2) is 9.27. The van der Waals surface area contributed by atoms with E-state index in [4.69, 9.17) is 16.3 Å². The van der Waals surface area contributed by atoms with E-state index in [0.717, 1.165) is 27.0 Å². The number of nitrogens with one attached hydrogen (secondary N) is 1. The average molecular weight is 447 g/mol. The molecule has 2 atom stereocenters. The van der Waals surface area contributed by atoms with Gasteiger partial charge in [-0.2, -0.15) is 0 Å². The molecule has 3 rings (SSSR count). The van der Waals surface area contributed by atoms with Crippen LogP contribution in [0.2, 0.25) is 5.02 Å². The van der Waals surface area contributed by atoms with Crippen molar-refractivity contribution in [3.63, 3.8) is 0 Å². The molecule has 0 bridgehead atoms. The summed E-state index contributed by atoms with van der Waals surface area (Å²) < 4.78 is 6.21. The molecule has 2 unspecified atom stereocenters. The maximum Gasteiger partial charge on any atom is 0.118 e. The van der Waals surface area contributed by atoms with Crippen LogP contribution in [0.3, 0.4) is 0 Å². The van der Waals surface area contributed by atoms with E-state index in [1.165, 1.54) is 0 Å². The number of anilines is 1. The fourth-order valence-electron chi connectivity index (χ4n) is 2.91. The minimum atomic E-state index is -0.607. The van der Waals surface area contributed by atoms with Crippen molar-refractivity contribution in [3.8, 4) is 5.75 Å². The van der Waals surface area contributed by atoms with Crippen molar-refractivity contribution in [3.05, 3.63) is 93.4 Å². The smallest absolute Gasteiger partial charge is 0.118 e. The van der Waals surface area contributed by atoms with E-state index in [1.54, 1.807) is 7.11 Å². The molecule has 0 fully saturated rings. The second-order valence-electron chi connectivity index (χ2n) is 6.28. The van der Waals surface area contributed by atoms with Crippen molar-refractivity contribution < 1.29 is 9.84 Å². The Labute approximate surface area is 173 Å². The highest BCUT2D eigenvalue weighted by atomic mass is 79.9. The van der Waals surface area contributed by atoms with E-state index < -0.39 is 6.10 Å². The Hall–Kier alpha value is -2.01. The Kier molecular flexibility index (Phi) is 6.78. The minimum absolute atomic E-state index is 0.0589. The molecule has 3 aromatic rings. The van der Waals surface area contributed by atoms with Gasteiger partial charge in [0, 0.05) is 21.6 Å². The number of halogens is 2. The Balaban J connectivity index is 1.81. The predicted molar refractivity (Wildman–Crippen MR) is 115 cm³/mol. The van der Waals surface area contributed by atoms with Crippen LogP contribution in [0.5, 0.6) is 5.75 Å². The predicted octanol–water partition coefficient (Wildman–Crippen LogP) is 6.39. The van der Waals surface area contributed by atoms with E-state index in [2.05, 4.69) is 33.4 Å². The molecule has 0 aliphatic heterocycles. The van der Waals surface area contributed by atoms with Crippen LogP contribution in [-0.4, -0.2) is 12.2 Å². The van der Waals surface area contributed by atoms with E-state index in [9.17, 15) is 5.11 Å². The number of methoxy groups -OCH3 is 1. The van der Waals surface area contributed by atoms with Gasteiger partial charge in [-0.1, -0.05) is 51.8 Å². The second-order valence-corrected chi connectivity index (χ2v) is 7.63. The number of aliphatic hydroxyl groups is 1. The molecule has 2 N–H and O–H groups in total. The first-order valence-electron chi connectivity index (χ1n) is 8.65. The molecule has 3 nitrogen and oxygen atoms in total. The molecule has 0 aliphatic carbocycles. The topological polar surface area (TPSA) is 41.5 Å². The third-order valence-electron chi connectivity index (χ3n) is 4.42. The van der Waals surface area contributed by atoms with Gasteiger partial charge in [0.05, 0.1) is 19.3 Å². The fourth-order valence-corrected chi connectivity index (χ4v) is 3.30. The molecule has 0 aromatic heterocycles. The summed E-state index contributed by atoms with van der Waals surface area (Å²) in [6.07, 6.45) is -0.0827. The molecular formula is C22H21BrClNO2. The lowest BCUT2D eigenvalue weighted by Crippen LogP contribution is -2.15. The lowest BCUT2D eigenvalue weighted by Gasteiger charge is -2.24. The number of hydrogen-bond acceptors (Lipinski definition) is 3. The molecule has 0 saturated carbocycles. The van der Waals surface area contributed by atoms with Gasteiger partial charge in [-0.05, 0) is 59.7 Å². The van der Waals surface area contributed by atoms with Gasteiger partial charge in [0.1, 0.15) is 5.75 Å². The highest BCUT2D eigenvalue weighted by Gasteiger charge is 2.18. The molecule has 5 heteroatoms. The van der Waals surface area contributed by atoms with Crippen LogP contribution in [0.1, 0.15) is 29.7 Å². The maximum atomic E-state index is 10.8.